The fourth-order valence-corrected chi connectivity index (χ4v) is 4.15. The van der Waals surface area contributed by atoms with Crippen LogP contribution in [0.3, 0.4) is 0 Å². The Morgan fingerprint density at radius 1 is 1.07 bits per heavy atom. The molecule has 0 atom stereocenters. The minimum atomic E-state index is -0.950. The number of aryl methyl sites for hydroxylation is 1. The largest absolute Gasteiger partial charge is 0.490 e. The molecule has 0 fully saturated rings. The van der Waals surface area contributed by atoms with Crippen LogP contribution in [0.25, 0.3) is 0 Å². The third-order valence-corrected chi connectivity index (χ3v) is 7.04. The zero-order valence-corrected chi connectivity index (χ0v) is 23.9. The first-order valence-electron chi connectivity index (χ1n) is 13.0. The predicted molar refractivity (Wildman–Crippen MR) is 155 cm³/mol. The molecule has 1 heterocycles. The number of ether oxygens (including phenoxy) is 1. The van der Waals surface area contributed by atoms with Crippen molar-refractivity contribution < 1.29 is 28.6 Å². The number of amides is 2. The number of carbonyl (C=O) groups is 3. The zero-order valence-electron chi connectivity index (χ0n) is 23.1. The lowest BCUT2D eigenvalue weighted by molar-refractivity contribution is -0.147. The van der Waals surface area contributed by atoms with E-state index < -0.39 is 17.2 Å². The first-order chi connectivity index (χ1) is 18.9. The fourth-order valence-electron chi connectivity index (χ4n) is 4.02. The zero-order chi connectivity index (χ0) is 29.4. The summed E-state index contributed by atoms with van der Waals surface area (Å²) in [4.78, 5) is 38.2. The molecule has 0 aliphatic carbocycles. The van der Waals surface area contributed by atoms with Gasteiger partial charge in [0.05, 0.1) is 12.0 Å². The highest BCUT2D eigenvalue weighted by Crippen LogP contribution is 2.29. The van der Waals surface area contributed by atoms with Crippen LogP contribution in [0.2, 0.25) is 5.02 Å². The number of para-hydroxylation sites is 1. The summed E-state index contributed by atoms with van der Waals surface area (Å²) in [5, 5.41) is 9.79. The number of carbonyl (C=O) groups excluding carboxylic acids is 2. The molecule has 1 aliphatic rings. The highest BCUT2D eigenvalue weighted by Gasteiger charge is 2.27. The van der Waals surface area contributed by atoms with Crippen LogP contribution >= 0.6 is 11.6 Å². The maximum atomic E-state index is 14.4. The minimum Gasteiger partial charge on any atom is -0.490 e. The van der Waals surface area contributed by atoms with Crippen LogP contribution < -0.4 is 14.5 Å². The maximum absolute atomic E-state index is 14.4. The summed E-state index contributed by atoms with van der Waals surface area (Å²) in [5.74, 6) is -1.79. The van der Waals surface area contributed by atoms with Gasteiger partial charge in [-0.2, -0.15) is 0 Å². The average Bonchev–Trinajstić information content (AvgIpc) is 2.93. The molecule has 4 rings (SSSR count). The van der Waals surface area contributed by atoms with E-state index in [1.165, 1.54) is 19.1 Å². The molecule has 0 unspecified atom stereocenters. The number of fused-ring (bicyclic) bond motifs is 1. The predicted octanol–water partition coefficient (Wildman–Crippen LogP) is 6.62. The van der Waals surface area contributed by atoms with Gasteiger partial charge in [-0.05, 0) is 87.2 Å². The lowest BCUT2D eigenvalue weighted by Gasteiger charge is -2.29. The smallest absolute Gasteiger partial charge is 0.309 e. The lowest BCUT2D eigenvalue weighted by atomic mass is 9.90. The number of aliphatic carboxylic acids is 1. The number of hydrogen-bond donors (Lipinski definition) is 1. The number of anilines is 2. The third kappa shape index (κ3) is 7.82. The molecule has 0 radical (unpaired) electrons. The topological polar surface area (TPSA) is 87.2 Å². The Kier molecular flexibility index (Phi) is 10.3. The van der Waals surface area contributed by atoms with E-state index in [1.54, 1.807) is 48.9 Å². The van der Waals surface area contributed by atoms with Crippen molar-refractivity contribution in [1.82, 2.24) is 0 Å². The SMILES string of the molecule is CC(=O)N(C)c1ccc(Cl)cc1.CC(C)(CCOc1ccc(C(=O)N2CCCc3ccccc32)cc1F)C(=O)O. The molecule has 0 saturated carbocycles. The van der Waals surface area contributed by atoms with Crippen molar-refractivity contribution in [2.45, 2.75) is 40.0 Å². The minimum absolute atomic E-state index is 0.0109. The highest BCUT2D eigenvalue weighted by molar-refractivity contribution is 6.30. The van der Waals surface area contributed by atoms with Crippen molar-refractivity contribution in [2.24, 2.45) is 5.41 Å². The average molecular weight is 569 g/mol. The van der Waals surface area contributed by atoms with Crippen LogP contribution in [0, 0.1) is 11.2 Å². The molecule has 3 aromatic carbocycles. The molecule has 212 valence electrons. The first kappa shape index (κ1) is 30.6. The molecule has 0 bridgehead atoms. The van der Waals surface area contributed by atoms with Crippen molar-refractivity contribution >= 4 is 40.8 Å². The summed E-state index contributed by atoms with van der Waals surface area (Å²) < 4.78 is 19.8. The molecule has 0 spiro atoms. The van der Waals surface area contributed by atoms with Gasteiger partial charge in [-0.15, -0.1) is 0 Å². The van der Waals surface area contributed by atoms with E-state index in [9.17, 15) is 18.8 Å². The molecular weight excluding hydrogens is 535 g/mol. The van der Waals surface area contributed by atoms with E-state index in [-0.39, 0.29) is 36.2 Å². The Bertz CT molecular complexity index is 1360. The van der Waals surface area contributed by atoms with Crippen molar-refractivity contribution in [3.8, 4) is 5.75 Å². The molecule has 1 N–H and O–H groups in total. The number of carboxylic acids is 1. The van der Waals surface area contributed by atoms with Crippen LogP contribution in [0.5, 0.6) is 5.75 Å². The Hall–Kier alpha value is -3.91. The number of halogens is 2. The summed E-state index contributed by atoms with van der Waals surface area (Å²) in [6, 6.07) is 19.0. The molecule has 40 heavy (non-hydrogen) atoms. The number of hydrogen-bond acceptors (Lipinski definition) is 4. The van der Waals surface area contributed by atoms with E-state index in [1.807, 2.05) is 36.4 Å². The van der Waals surface area contributed by atoms with Gasteiger partial charge in [-0.25, -0.2) is 4.39 Å². The second-order valence-corrected chi connectivity index (χ2v) is 10.6. The fraction of sp³-hybridized carbons (Fsp3) is 0.323. The summed E-state index contributed by atoms with van der Waals surface area (Å²) in [6.07, 6.45) is 2.03. The quantitative estimate of drug-likeness (QED) is 0.346. The van der Waals surface area contributed by atoms with Crippen molar-refractivity contribution in [3.05, 3.63) is 88.7 Å². The Balaban J connectivity index is 0.000000307. The normalized spacial score (nSPS) is 12.5. The van der Waals surface area contributed by atoms with Gasteiger partial charge in [0.25, 0.3) is 5.91 Å². The summed E-state index contributed by atoms with van der Waals surface area (Å²) in [7, 11) is 1.73. The molecule has 0 saturated heterocycles. The van der Waals surface area contributed by atoms with Gasteiger partial charge in [0.15, 0.2) is 11.6 Å². The number of benzene rings is 3. The standard InChI is InChI=1S/C22H24FNO4.C9H10ClNO/c1-22(2,21(26)27)11-13-28-19-10-9-16(14-17(19)23)20(25)24-12-5-7-15-6-3-4-8-18(15)24;1-7(12)11(2)9-5-3-8(10)4-6-9/h3-4,6,8-10,14H,5,7,11-13H2,1-2H3,(H,26,27);3-6H,1-2H3. The second kappa shape index (κ2) is 13.4. The van der Waals surface area contributed by atoms with Crippen LogP contribution in [0.4, 0.5) is 15.8 Å². The van der Waals surface area contributed by atoms with Crippen molar-refractivity contribution in [2.75, 3.05) is 30.0 Å². The molecular formula is C31H34ClFN2O5. The number of rotatable bonds is 7. The maximum Gasteiger partial charge on any atom is 0.309 e. The van der Waals surface area contributed by atoms with Gasteiger partial charge in [-0.1, -0.05) is 29.8 Å². The summed E-state index contributed by atoms with van der Waals surface area (Å²) in [5.41, 5.74) is 2.15. The Morgan fingerprint density at radius 3 is 2.38 bits per heavy atom. The second-order valence-electron chi connectivity index (χ2n) is 10.2. The van der Waals surface area contributed by atoms with E-state index in [4.69, 9.17) is 21.4 Å². The third-order valence-electron chi connectivity index (χ3n) is 6.78. The molecule has 2 amide bonds. The van der Waals surface area contributed by atoms with E-state index in [0.29, 0.717) is 11.6 Å². The molecule has 1 aliphatic heterocycles. The van der Waals surface area contributed by atoms with Crippen LogP contribution in [0.1, 0.15) is 49.5 Å². The van der Waals surface area contributed by atoms with Gasteiger partial charge in [0.2, 0.25) is 5.91 Å². The Morgan fingerprint density at radius 2 is 1.75 bits per heavy atom. The molecule has 3 aromatic rings. The van der Waals surface area contributed by atoms with E-state index in [2.05, 4.69) is 0 Å². The Labute approximate surface area is 239 Å². The van der Waals surface area contributed by atoms with E-state index >= 15 is 0 Å². The van der Waals surface area contributed by atoms with Crippen LogP contribution in [0.15, 0.2) is 66.7 Å². The lowest BCUT2D eigenvalue weighted by Crippen LogP contribution is -2.35. The van der Waals surface area contributed by atoms with E-state index in [0.717, 1.165) is 29.8 Å². The number of carboxylic acid groups (broad SMARTS) is 1. The molecule has 0 aromatic heterocycles. The summed E-state index contributed by atoms with van der Waals surface area (Å²) >= 11 is 5.69. The van der Waals surface area contributed by atoms with Crippen molar-refractivity contribution in [1.29, 1.82) is 0 Å². The van der Waals surface area contributed by atoms with Gasteiger partial charge in [0.1, 0.15) is 0 Å². The van der Waals surface area contributed by atoms with Crippen LogP contribution in [-0.2, 0) is 16.0 Å². The van der Waals surface area contributed by atoms with Crippen molar-refractivity contribution in [3.63, 3.8) is 0 Å². The number of nitrogens with zero attached hydrogens (tertiary/aromatic N) is 2. The van der Waals surface area contributed by atoms with Crippen LogP contribution in [-0.4, -0.2) is 43.1 Å². The van der Waals surface area contributed by atoms with Gasteiger partial charge < -0.3 is 19.6 Å². The molecule has 9 heteroatoms. The van der Waals surface area contributed by atoms with Gasteiger partial charge >= 0.3 is 5.97 Å². The highest BCUT2D eigenvalue weighted by atomic mass is 35.5. The monoisotopic (exact) mass is 568 g/mol. The first-order valence-corrected chi connectivity index (χ1v) is 13.3. The molecule has 7 nitrogen and oxygen atoms in total. The van der Waals surface area contributed by atoms with Gasteiger partial charge in [0, 0.05) is 42.5 Å². The summed E-state index contributed by atoms with van der Waals surface area (Å²) in [6.45, 7) is 5.37. The van der Waals surface area contributed by atoms with Gasteiger partial charge in [-0.3, -0.25) is 14.4 Å².